The lowest BCUT2D eigenvalue weighted by Gasteiger charge is -2.30. The molecule has 0 bridgehead atoms. The largest absolute Gasteiger partial charge is 0.471 e. The zero-order chi connectivity index (χ0) is 33.9. The van der Waals surface area contributed by atoms with Gasteiger partial charge in [0.1, 0.15) is 5.56 Å². The Morgan fingerprint density at radius 2 is 1.78 bits per heavy atom. The smallest absolute Gasteiger partial charge is 0.391 e. The van der Waals surface area contributed by atoms with E-state index < -0.39 is 48.4 Å². The Bertz CT molecular complexity index is 1430. The van der Waals surface area contributed by atoms with Crippen LogP contribution in [0, 0.1) is 11.3 Å². The van der Waals surface area contributed by atoms with Gasteiger partial charge in [-0.3, -0.25) is 14.5 Å². The van der Waals surface area contributed by atoms with E-state index in [1.165, 1.54) is 6.07 Å². The number of amides is 2. The molecule has 1 fully saturated rings. The quantitative estimate of drug-likeness (QED) is 0.172. The van der Waals surface area contributed by atoms with Crippen molar-refractivity contribution in [3.63, 3.8) is 0 Å². The van der Waals surface area contributed by atoms with Gasteiger partial charge in [0.2, 0.25) is 11.8 Å². The number of nitrogens with zero attached hydrogens (tertiary/aromatic N) is 2. The Labute approximate surface area is 272 Å². The molecule has 0 radical (unpaired) electrons. The van der Waals surface area contributed by atoms with Gasteiger partial charge >= 0.3 is 6.18 Å². The van der Waals surface area contributed by atoms with E-state index in [1.54, 1.807) is 26.8 Å². The van der Waals surface area contributed by atoms with Crippen LogP contribution in [0.15, 0.2) is 18.2 Å². The number of nitrogen functional groups attached to an aromatic ring is 1. The Hall–Kier alpha value is -3.17. The number of thiocarbonyl (C=S) groups is 1. The lowest BCUT2D eigenvalue weighted by atomic mass is 9.85. The third-order valence-corrected chi connectivity index (χ3v) is 7.97. The van der Waals surface area contributed by atoms with Crippen molar-refractivity contribution >= 4 is 69.5 Å². The standard InChI is InChI=1S/C28H33Cl2F5N6O3S/c1-27(2,3)25(43)38-11-13-4-9-17(29)21(20(13)30)41(26(37)45)18-10-16(24(40-22(18)36)44-12-19(31)32)23(42)39-15-7-5-14(6-8-15)28(33,34)35/h4,9-10,14-15,19H,5-8,11-12H2,1-3H3,(H2,36,40)(H2,37,45)(H,38,43)(H,39,42). The molecule has 2 aromatic rings. The number of carbonyl (C=O) groups excluding carboxylic acids is 2. The monoisotopic (exact) mass is 698 g/mol. The first-order valence-electron chi connectivity index (χ1n) is 13.7. The maximum absolute atomic E-state index is 13.4. The highest BCUT2D eigenvalue weighted by Gasteiger charge is 2.41. The molecule has 0 atom stereocenters. The third kappa shape index (κ3) is 9.19. The van der Waals surface area contributed by atoms with Gasteiger partial charge in [0, 0.05) is 18.0 Å². The number of aromatic nitrogens is 1. The second kappa shape index (κ2) is 14.5. The maximum Gasteiger partial charge on any atom is 0.391 e. The highest BCUT2D eigenvalue weighted by Crippen LogP contribution is 2.43. The number of nitrogens with one attached hydrogen (secondary N) is 2. The number of halogens is 7. The van der Waals surface area contributed by atoms with Crippen molar-refractivity contribution in [2.75, 3.05) is 17.2 Å². The summed E-state index contributed by atoms with van der Waals surface area (Å²) in [7, 11) is 0. The summed E-state index contributed by atoms with van der Waals surface area (Å²) in [6.07, 6.45) is -7.56. The van der Waals surface area contributed by atoms with Crippen LogP contribution in [0.4, 0.5) is 39.1 Å². The number of nitrogens with two attached hydrogens (primary N) is 2. The van der Waals surface area contributed by atoms with E-state index in [0.717, 1.165) is 11.0 Å². The molecule has 1 aromatic carbocycles. The second-order valence-electron chi connectivity index (χ2n) is 11.5. The number of alkyl halides is 5. The number of benzene rings is 1. The van der Waals surface area contributed by atoms with Gasteiger partial charge in [-0.15, -0.1) is 0 Å². The Kier molecular flexibility index (Phi) is 11.7. The van der Waals surface area contributed by atoms with Gasteiger partial charge in [-0.1, -0.05) is 50.0 Å². The van der Waals surface area contributed by atoms with Gasteiger partial charge in [0.05, 0.1) is 27.3 Å². The number of anilines is 3. The van der Waals surface area contributed by atoms with Crippen molar-refractivity contribution in [1.29, 1.82) is 0 Å². The van der Waals surface area contributed by atoms with E-state index in [2.05, 4.69) is 15.6 Å². The molecule has 248 valence electrons. The summed E-state index contributed by atoms with van der Waals surface area (Å²) in [5.74, 6) is -3.49. The lowest BCUT2D eigenvalue weighted by molar-refractivity contribution is -0.182. The van der Waals surface area contributed by atoms with E-state index in [9.17, 15) is 31.5 Å². The number of hydrogen-bond acceptors (Lipinski definition) is 6. The molecule has 0 aliphatic heterocycles. The predicted octanol–water partition coefficient (Wildman–Crippen LogP) is 6.51. The maximum atomic E-state index is 13.4. The van der Waals surface area contributed by atoms with Crippen LogP contribution in [-0.2, 0) is 11.3 Å². The van der Waals surface area contributed by atoms with Crippen LogP contribution in [0.25, 0.3) is 0 Å². The fraction of sp³-hybridized carbons (Fsp3) is 0.500. The van der Waals surface area contributed by atoms with E-state index in [1.807, 2.05) is 0 Å². The first kappa shape index (κ1) is 36.3. The zero-order valence-electron chi connectivity index (χ0n) is 24.5. The topological polar surface area (TPSA) is 136 Å². The van der Waals surface area contributed by atoms with Crippen molar-refractivity contribution in [3.8, 4) is 5.88 Å². The molecule has 1 heterocycles. The first-order valence-corrected chi connectivity index (χ1v) is 14.9. The number of rotatable bonds is 9. The highest BCUT2D eigenvalue weighted by atomic mass is 35.5. The Morgan fingerprint density at radius 1 is 1.16 bits per heavy atom. The SMILES string of the molecule is CC(C)(C)C(=O)NCc1ccc(Cl)c(N(C(N)=S)c2cc(C(=O)NC3CCC(C(F)(F)F)CC3)c(OCC(F)F)nc2N)c1Cl. The molecule has 1 saturated carbocycles. The molecule has 1 aliphatic rings. The normalized spacial score (nSPS) is 17.1. The zero-order valence-corrected chi connectivity index (χ0v) is 26.9. The van der Waals surface area contributed by atoms with Crippen molar-refractivity contribution in [2.45, 2.75) is 71.6 Å². The van der Waals surface area contributed by atoms with Crippen LogP contribution in [0.3, 0.4) is 0 Å². The molecule has 9 nitrogen and oxygen atoms in total. The third-order valence-electron chi connectivity index (χ3n) is 7.06. The van der Waals surface area contributed by atoms with E-state index in [-0.39, 0.29) is 76.0 Å². The van der Waals surface area contributed by atoms with Crippen molar-refractivity contribution in [2.24, 2.45) is 17.1 Å². The highest BCUT2D eigenvalue weighted by molar-refractivity contribution is 7.80. The summed E-state index contributed by atoms with van der Waals surface area (Å²) in [6, 6.07) is 3.56. The summed E-state index contributed by atoms with van der Waals surface area (Å²) >= 11 is 18.5. The van der Waals surface area contributed by atoms with Crippen LogP contribution in [0.1, 0.15) is 62.4 Å². The minimum atomic E-state index is -4.34. The fourth-order valence-corrected chi connectivity index (χ4v) is 5.43. The molecule has 45 heavy (non-hydrogen) atoms. The number of ether oxygens (including phenoxy) is 1. The minimum Gasteiger partial charge on any atom is -0.471 e. The molecule has 0 saturated heterocycles. The van der Waals surface area contributed by atoms with Crippen LogP contribution < -0.4 is 31.7 Å². The number of carbonyl (C=O) groups is 2. The molecule has 2 amide bonds. The molecule has 17 heteroatoms. The fourth-order valence-electron chi connectivity index (χ4n) is 4.64. The Morgan fingerprint density at radius 3 is 2.31 bits per heavy atom. The van der Waals surface area contributed by atoms with Gasteiger partial charge in [-0.2, -0.15) is 18.2 Å². The second-order valence-corrected chi connectivity index (χ2v) is 12.7. The molecular formula is C28H33Cl2F5N6O3S. The first-order chi connectivity index (χ1) is 20.8. The summed E-state index contributed by atoms with van der Waals surface area (Å²) in [4.78, 5) is 31.0. The summed E-state index contributed by atoms with van der Waals surface area (Å²) < 4.78 is 70.5. The van der Waals surface area contributed by atoms with Gasteiger partial charge in [0.15, 0.2) is 17.5 Å². The van der Waals surface area contributed by atoms with E-state index in [4.69, 9.17) is 51.6 Å². The number of hydrogen-bond donors (Lipinski definition) is 4. The molecule has 3 rings (SSSR count). The molecule has 0 unspecified atom stereocenters. The summed E-state index contributed by atoms with van der Waals surface area (Å²) in [6.45, 7) is 4.08. The van der Waals surface area contributed by atoms with Crippen molar-refractivity contribution < 1.29 is 36.3 Å². The minimum absolute atomic E-state index is 0.00264. The van der Waals surface area contributed by atoms with Gasteiger partial charge in [0.25, 0.3) is 12.3 Å². The van der Waals surface area contributed by atoms with Crippen molar-refractivity contribution in [3.05, 3.63) is 39.4 Å². The van der Waals surface area contributed by atoms with Crippen molar-refractivity contribution in [1.82, 2.24) is 15.6 Å². The van der Waals surface area contributed by atoms with Gasteiger partial charge in [-0.25, -0.2) is 8.78 Å². The average molecular weight is 700 g/mol. The predicted molar refractivity (Wildman–Crippen MR) is 166 cm³/mol. The lowest BCUT2D eigenvalue weighted by Crippen LogP contribution is -2.40. The van der Waals surface area contributed by atoms with E-state index in [0.29, 0.717) is 5.56 Å². The van der Waals surface area contributed by atoms with E-state index >= 15 is 0 Å². The Balaban J connectivity index is 2.03. The molecule has 1 aromatic heterocycles. The molecule has 1 aliphatic carbocycles. The van der Waals surface area contributed by atoms with Crippen LogP contribution >= 0.6 is 35.4 Å². The molecule has 6 N–H and O–H groups in total. The summed E-state index contributed by atoms with van der Waals surface area (Å²) in [5.41, 5.74) is 11.5. The average Bonchev–Trinajstić information content (AvgIpc) is 2.93. The number of pyridine rings is 1. The van der Waals surface area contributed by atoms with Crippen LogP contribution in [-0.4, -0.2) is 47.2 Å². The van der Waals surface area contributed by atoms with Crippen LogP contribution in [0.2, 0.25) is 10.0 Å². The van der Waals surface area contributed by atoms with Crippen LogP contribution in [0.5, 0.6) is 5.88 Å². The summed E-state index contributed by atoms with van der Waals surface area (Å²) in [5, 5.41) is 5.12. The van der Waals surface area contributed by atoms with Gasteiger partial charge in [-0.05, 0) is 55.6 Å². The molecule has 0 spiro atoms. The molecular weight excluding hydrogens is 666 g/mol. The van der Waals surface area contributed by atoms with Gasteiger partial charge < -0.3 is 26.8 Å².